The fourth-order valence-corrected chi connectivity index (χ4v) is 2.63. The van der Waals surface area contributed by atoms with E-state index in [-0.39, 0.29) is 12.2 Å². The predicted octanol–water partition coefficient (Wildman–Crippen LogP) is 3.30. The molecule has 2 aromatic rings. The number of ketones is 1. The highest BCUT2D eigenvalue weighted by Gasteiger charge is 2.21. The molecule has 0 fully saturated rings. The molecule has 0 unspecified atom stereocenters. The van der Waals surface area contributed by atoms with Gasteiger partial charge in [0.05, 0.1) is 5.02 Å². The fraction of sp³-hybridized carbons (Fsp3) is 0.188. The summed E-state index contributed by atoms with van der Waals surface area (Å²) < 4.78 is 26.7. The number of carbonyl (C=O) groups excluding carboxylic acids is 1. The van der Waals surface area contributed by atoms with Crippen LogP contribution in [0.3, 0.4) is 0 Å². The molecule has 22 heavy (non-hydrogen) atoms. The first-order valence-electron chi connectivity index (χ1n) is 6.58. The first-order chi connectivity index (χ1) is 10.3. The first-order valence-corrected chi connectivity index (χ1v) is 6.96. The predicted molar refractivity (Wildman–Crippen MR) is 78.7 cm³/mol. The van der Waals surface area contributed by atoms with E-state index in [4.69, 9.17) is 11.6 Å². The summed E-state index contributed by atoms with van der Waals surface area (Å²) in [6.45, 7) is 3.07. The van der Waals surface area contributed by atoms with Crippen molar-refractivity contribution in [3.8, 4) is 0 Å². The van der Waals surface area contributed by atoms with Gasteiger partial charge in [0.25, 0.3) is 0 Å². The largest absolute Gasteiger partial charge is 0.294 e. The maximum Gasteiger partial charge on any atom is 0.170 e. The number of benzene rings is 2. The van der Waals surface area contributed by atoms with Crippen molar-refractivity contribution >= 4 is 23.1 Å². The number of hydrogen-bond donors (Lipinski definition) is 2. The molecule has 0 amide bonds. The van der Waals surface area contributed by atoms with Crippen LogP contribution in [0.15, 0.2) is 24.3 Å². The second kappa shape index (κ2) is 6.52. The van der Waals surface area contributed by atoms with Gasteiger partial charge in [0.2, 0.25) is 0 Å². The van der Waals surface area contributed by atoms with E-state index in [1.165, 1.54) is 25.1 Å². The maximum atomic E-state index is 13.3. The lowest BCUT2D eigenvalue weighted by atomic mass is 9.93. The normalized spacial score (nSPS) is 10.8. The Labute approximate surface area is 131 Å². The Balaban J connectivity index is 2.62. The van der Waals surface area contributed by atoms with Gasteiger partial charge < -0.3 is 0 Å². The minimum Gasteiger partial charge on any atom is -0.294 e. The van der Waals surface area contributed by atoms with Crippen molar-refractivity contribution < 1.29 is 24.3 Å². The lowest BCUT2D eigenvalue weighted by Crippen LogP contribution is -2.74. The average molecular weight is 327 g/mol. The van der Waals surface area contributed by atoms with Crippen LogP contribution in [0.25, 0.3) is 0 Å². The zero-order valence-corrected chi connectivity index (χ0v) is 12.8. The van der Waals surface area contributed by atoms with E-state index in [1.807, 2.05) is 0 Å². The second-order valence-corrected chi connectivity index (χ2v) is 5.47. The molecule has 2 aromatic carbocycles. The van der Waals surface area contributed by atoms with Gasteiger partial charge in [-0.15, -0.1) is 0 Å². The third-order valence-electron chi connectivity index (χ3n) is 3.50. The molecule has 0 bridgehead atoms. The highest BCUT2D eigenvalue weighted by atomic mass is 35.5. The average Bonchev–Trinajstić information content (AvgIpc) is 2.41. The van der Waals surface area contributed by atoms with Crippen LogP contribution in [0.4, 0.5) is 14.5 Å². The van der Waals surface area contributed by atoms with Gasteiger partial charge in [-0.05, 0) is 37.6 Å². The number of quaternary nitrogens is 1. The van der Waals surface area contributed by atoms with Gasteiger partial charge in [0.15, 0.2) is 11.5 Å². The summed E-state index contributed by atoms with van der Waals surface area (Å²) in [5.74, 6) is -1.63. The molecule has 0 aliphatic heterocycles. The Morgan fingerprint density at radius 1 is 1.23 bits per heavy atom. The Bertz CT molecular complexity index is 727. The van der Waals surface area contributed by atoms with Gasteiger partial charge in [-0.1, -0.05) is 11.6 Å². The Hall–Kier alpha value is -1.82. The molecule has 0 radical (unpaired) electrons. The standard InChI is InChI=1S/C16H14ClF2NO2/c1-8-15(17)7-13(9(2)21)14(16(8)20-22)5-10-3-11(18)6-12(19)4-10/h3-4,6-7,20,22H,5H2,1-2H3/p+1. The van der Waals surface area contributed by atoms with Crippen molar-refractivity contribution in [3.05, 3.63) is 63.2 Å². The van der Waals surface area contributed by atoms with E-state index in [2.05, 4.69) is 0 Å². The van der Waals surface area contributed by atoms with Crippen LogP contribution in [0, 0.1) is 18.6 Å². The smallest absolute Gasteiger partial charge is 0.170 e. The second-order valence-electron chi connectivity index (χ2n) is 5.06. The van der Waals surface area contributed by atoms with Crippen LogP contribution in [0.2, 0.25) is 5.02 Å². The minimum atomic E-state index is -0.695. The van der Waals surface area contributed by atoms with Crippen LogP contribution in [-0.4, -0.2) is 11.0 Å². The van der Waals surface area contributed by atoms with Crippen LogP contribution in [0.5, 0.6) is 0 Å². The number of hydrogen-bond acceptors (Lipinski definition) is 2. The molecule has 0 spiro atoms. The molecule has 0 atom stereocenters. The molecule has 0 aromatic heterocycles. The van der Waals surface area contributed by atoms with Crippen molar-refractivity contribution in [2.75, 3.05) is 0 Å². The molecular weight excluding hydrogens is 312 g/mol. The Morgan fingerprint density at radius 2 is 1.82 bits per heavy atom. The summed E-state index contributed by atoms with van der Waals surface area (Å²) in [5, 5.41) is 9.82. The number of halogens is 3. The van der Waals surface area contributed by atoms with E-state index in [0.717, 1.165) is 11.5 Å². The first kappa shape index (κ1) is 16.5. The van der Waals surface area contributed by atoms with Crippen LogP contribution < -0.4 is 5.48 Å². The lowest BCUT2D eigenvalue weighted by molar-refractivity contribution is -0.826. The number of Topliss-reactive ketones (excluding diaryl/α,β-unsaturated/α-hetero) is 1. The number of nitrogens with two attached hydrogens (primary N) is 1. The molecule has 3 nitrogen and oxygen atoms in total. The minimum absolute atomic E-state index is 0.105. The summed E-state index contributed by atoms with van der Waals surface area (Å²) in [6.07, 6.45) is 0.105. The van der Waals surface area contributed by atoms with E-state index < -0.39 is 11.6 Å². The van der Waals surface area contributed by atoms with Crippen molar-refractivity contribution in [1.29, 1.82) is 0 Å². The molecule has 0 saturated carbocycles. The van der Waals surface area contributed by atoms with Gasteiger partial charge in [-0.2, -0.15) is 5.48 Å². The molecule has 2 rings (SSSR count). The summed E-state index contributed by atoms with van der Waals surface area (Å²) in [7, 11) is 0. The quantitative estimate of drug-likeness (QED) is 0.514. The Kier molecular flexibility index (Phi) is 4.90. The molecule has 0 saturated heterocycles. The SMILES string of the molecule is CC(=O)c1cc(Cl)c(C)c([NH2+]O)c1Cc1cc(F)cc(F)c1. The molecule has 0 aliphatic carbocycles. The van der Waals surface area contributed by atoms with Gasteiger partial charge in [0, 0.05) is 29.2 Å². The summed E-state index contributed by atoms with van der Waals surface area (Å²) in [4.78, 5) is 11.8. The monoisotopic (exact) mass is 326 g/mol. The molecule has 0 heterocycles. The highest BCUT2D eigenvalue weighted by molar-refractivity contribution is 6.32. The fourth-order valence-electron chi connectivity index (χ4n) is 2.42. The Morgan fingerprint density at radius 3 is 2.32 bits per heavy atom. The zero-order valence-electron chi connectivity index (χ0n) is 12.1. The molecule has 0 aliphatic rings. The molecule has 3 N–H and O–H groups in total. The molecular formula is C16H15ClF2NO2+. The lowest BCUT2D eigenvalue weighted by Gasteiger charge is -2.13. The molecule has 116 valence electrons. The van der Waals surface area contributed by atoms with Crippen molar-refractivity contribution in [2.24, 2.45) is 0 Å². The van der Waals surface area contributed by atoms with Crippen molar-refractivity contribution in [3.63, 3.8) is 0 Å². The third kappa shape index (κ3) is 3.32. The van der Waals surface area contributed by atoms with E-state index >= 15 is 0 Å². The van der Waals surface area contributed by atoms with E-state index in [0.29, 0.717) is 33.0 Å². The van der Waals surface area contributed by atoms with Crippen LogP contribution in [-0.2, 0) is 6.42 Å². The van der Waals surface area contributed by atoms with Crippen molar-refractivity contribution in [2.45, 2.75) is 20.3 Å². The van der Waals surface area contributed by atoms with Crippen LogP contribution >= 0.6 is 11.6 Å². The van der Waals surface area contributed by atoms with E-state index in [1.54, 1.807) is 6.92 Å². The van der Waals surface area contributed by atoms with Gasteiger partial charge in [-0.25, -0.2) is 14.0 Å². The third-order valence-corrected chi connectivity index (χ3v) is 3.89. The highest BCUT2D eigenvalue weighted by Crippen LogP contribution is 2.30. The van der Waals surface area contributed by atoms with Crippen LogP contribution in [0.1, 0.15) is 34.0 Å². The zero-order chi connectivity index (χ0) is 16.4. The van der Waals surface area contributed by atoms with Gasteiger partial charge in [0.1, 0.15) is 11.6 Å². The summed E-state index contributed by atoms with van der Waals surface area (Å²) in [6, 6.07) is 4.68. The van der Waals surface area contributed by atoms with Gasteiger partial charge >= 0.3 is 0 Å². The summed E-state index contributed by atoms with van der Waals surface area (Å²) in [5.41, 5.74) is 3.02. The maximum absolute atomic E-state index is 13.3. The number of carbonyl (C=O) groups is 1. The molecule has 6 heteroatoms. The number of rotatable bonds is 4. The van der Waals surface area contributed by atoms with Crippen molar-refractivity contribution in [1.82, 2.24) is 0 Å². The van der Waals surface area contributed by atoms with E-state index in [9.17, 15) is 18.8 Å². The van der Waals surface area contributed by atoms with Gasteiger partial charge in [-0.3, -0.25) is 4.79 Å². The topological polar surface area (TPSA) is 53.9 Å². The summed E-state index contributed by atoms with van der Waals surface area (Å²) >= 11 is 6.06.